The van der Waals surface area contributed by atoms with Crippen LogP contribution < -0.4 is 0 Å². The van der Waals surface area contributed by atoms with Crippen molar-refractivity contribution in [3.05, 3.63) is 158 Å². The lowest BCUT2D eigenvalue weighted by molar-refractivity contribution is 0.673. The largest absolute Gasteiger partial charge is 0.455 e. The van der Waals surface area contributed by atoms with Gasteiger partial charge < -0.3 is 13.6 Å². The Morgan fingerprint density at radius 2 is 0.889 bits per heavy atom. The Labute approximate surface area is 258 Å². The number of fused-ring (bicyclic) bond motifs is 10. The first-order valence-corrected chi connectivity index (χ1v) is 15.4. The van der Waals surface area contributed by atoms with Crippen LogP contribution in [0, 0.1) is 0 Å². The Kier molecular flexibility index (Phi) is 5.00. The van der Waals surface area contributed by atoms with E-state index < -0.39 is 0 Å². The van der Waals surface area contributed by atoms with Crippen LogP contribution in [0.4, 0.5) is 0 Å². The predicted molar refractivity (Wildman–Crippen MR) is 188 cm³/mol. The van der Waals surface area contributed by atoms with Gasteiger partial charge in [0.1, 0.15) is 11.2 Å². The van der Waals surface area contributed by atoms with Crippen LogP contribution >= 0.6 is 0 Å². The molecule has 0 atom stereocenters. The van der Waals surface area contributed by atoms with Crippen LogP contribution in [-0.4, -0.2) is 9.13 Å². The first kappa shape index (κ1) is 24.4. The molecular formula is C42H26N2O. The molecule has 0 amide bonds. The zero-order chi connectivity index (χ0) is 29.5. The van der Waals surface area contributed by atoms with Gasteiger partial charge in [0.15, 0.2) is 0 Å². The molecular weight excluding hydrogens is 548 g/mol. The van der Waals surface area contributed by atoms with Gasteiger partial charge in [-0.25, -0.2) is 0 Å². The van der Waals surface area contributed by atoms with E-state index in [9.17, 15) is 0 Å². The third kappa shape index (κ3) is 3.46. The molecule has 0 unspecified atom stereocenters. The molecule has 3 nitrogen and oxygen atoms in total. The first-order chi connectivity index (χ1) is 22.3. The molecule has 0 bridgehead atoms. The fraction of sp³-hybridized carbons (Fsp3) is 0. The van der Waals surface area contributed by atoms with Gasteiger partial charge in [-0.05, 0) is 83.9 Å². The highest BCUT2D eigenvalue weighted by molar-refractivity contribution is 6.24. The van der Waals surface area contributed by atoms with Crippen molar-refractivity contribution in [1.82, 2.24) is 9.13 Å². The van der Waals surface area contributed by atoms with Crippen molar-refractivity contribution >= 4 is 65.6 Å². The van der Waals surface area contributed by atoms with Crippen LogP contribution in [0.25, 0.3) is 88.1 Å². The molecule has 10 aromatic rings. The van der Waals surface area contributed by atoms with Crippen LogP contribution in [-0.2, 0) is 0 Å². The van der Waals surface area contributed by atoms with Gasteiger partial charge in [0, 0.05) is 38.3 Å². The van der Waals surface area contributed by atoms with Gasteiger partial charge in [0.25, 0.3) is 0 Å². The van der Waals surface area contributed by atoms with E-state index in [0.717, 1.165) is 44.0 Å². The zero-order valence-electron chi connectivity index (χ0n) is 24.3. The highest BCUT2D eigenvalue weighted by Gasteiger charge is 2.20. The third-order valence-electron chi connectivity index (χ3n) is 9.31. The van der Waals surface area contributed by atoms with E-state index in [0.29, 0.717) is 0 Å². The summed E-state index contributed by atoms with van der Waals surface area (Å²) in [7, 11) is 0. The number of nitrogens with zero attached hydrogens (tertiary/aromatic N) is 2. The second-order valence-corrected chi connectivity index (χ2v) is 11.8. The van der Waals surface area contributed by atoms with Crippen molar-refractivity contribution < 1.29 is 4.42 Å². The molecule has 3 heterocycles. The van der Waals surface area contributed by atoms with Crippen LogP contribution in [0.1, 0.15) is 0 Å². The van der Waals surface area contributed by atoms with E-state index >= 15 is 0 Å². The van der Waals surface area contributed by atoms with Gasteiger partial charge in [-0.1, -0.05) is 84.9 Å². The molecule has 0 aliphatic carbocycles. The maximum atomic E-state index is 6.60. The highest BCUT2D eigenvalue weighted by Crippen LogP contribution is 2.42. The number of furan rings is 1. The summed E-state index contributed by atoms with van der Waals surface area (Å²) in [6.07, 6.45) is 0. The minimum atomic E-state index is 0.914. The lowest BCUT2D eigenvalue weighted by atomic mass is 10.00. The number of benzene rings is 7. The molecule has 210 valence electrons. The number of hydrogen-bond acceptors (Lipinski definition) is 1. The van der Waals surface area contributed by atoms with Gasteiger partial charge in [0.05, 0.1) is 27.5 Å². The topological polar surface area (TPSA) is 23.0 Å². The van der Waals surface area contributed by atoms with Crippen molar-refractivity contribution in [3.8, 4) is 22.5 Å². The average Bonchev–Trinajstić information content (AvgIpc) is 3.76. The van der Waals surface area contributed by atoms with E-state index in [2.05, 4.69) is 161 Å². The van der Waals surface area contributed by atoms with Crippen molar-refractivity contribution in [2.24, 2.45) is 0 Å². The van der Waals surface area contributed by atoms with Crippen LogP contribution in [0.2, 0.25) is 0 Å². The van der Waals surface area contributed by atoms with E-state index in [4.69, 9.17) is 4.42 Å². The van der Waals surface area contributed by atoms with Crippen LogP contribution in [0.5, 0.6) is 0 Å². The molecule has 0 saturated heterocycles. The Hall–Kier alpha value is -6.06. The molecule has 3 aromatic heterocycles. The van der Waals surface area contributed by atoms with Gasteiger partial charge in [-0.2, -0.15) is 0 Å². The minimum absolute atomic E-state index is 0.914. The summed E-state index contributed by atoms with van der Waals surface area (Å²) in [5.74, 6) is 0. The second-order valence-electron chi connectivity index (χ2n) is 11.8. The number of para-hydroxylation sites is 4. The van der Waals surface area contributed by atoms with Crippen LogP contribution in [0.15, 0.2) is 162 Å². The number of rotatable bonds is 3. The van der Waals surface area contributed by atoms with Crippen molar-refractivity contribution in [2.45, 2.75) is 0 Å². The van der Waals surface area contributed by atoms with Gasteiger partial charge in [-0.15, -0.1) is 0 Å². The van der Waals surface area contributed by atoms with E-state index in [1.54, 1.807) is 0 Å². The quantitative estimate of drug-likeness (QED) is 0.206. The van der Waals surface area contributed by atoms with Gasteiger partial charge >= 0.3 is 0 Å². The summed E-state index contributed by atoms with van der Waals surface area (Å²) >= 11 is 0. The minimum Gasteiger partial charge on any atom is -0.455 e. The maximum absolute atomic E-state index is 6.60. The molecule has 0 fully saturated rings. The van der Waals surface area contributed by atoms with Crippen molar-refractivity contribution in [2.75, 3.05) is 0 Å². The smallest absolute Gasteiger partial charge is 0.145 e. The molecule has 10 rings (SSSR count). The molecule has 0 aliphatic heterocycles. The molecule has 0 spiro atoms. The summed E-state index contributed by atoms with van der Waals surface area (Å²) in [4.78, 5) is 0. The molecule has 0 saturated carbocycles. The predicted octanol–water partition coefficient (Wildman–Crippen LogP) is 11.4. The maximum Gasteiger partial charge on any atom is 0.145 e. The highest BCUT2D eigenvalue weighted by atomic mass is 16.3. The SMILES string of the molecule is c1ccc(-n2c3ccccc3c3cc(-c4ccc5c(c4)c4c6oc7ccccc7c6ccc4n5-c4ccccc4)ccc32)cc1. The van der Waals surface area contributed by atoms with E-state index in [1.165, 1.54) is 44.0 Å². The van der Waals surface area contributed by atoms with Gasteiger partial charge in [0.2, 0.25) is 0 Å². The Balaban J connectivity index is 1.26. The summed E-state index contributed by atoms with van der Waals surface area (Å²) in [6.45, 7) is 0. The Bertz CT molecular complexity index is 2740. The summed E-state index contributed by atoms with van der Waals surface area (Å²) < 4.78 is 11.3. The van der Waals surface area contributed by atoms with Crippen molar-refractivity contribution in [3.63, 3.8) is 0 Å². The monoisotopic (exact) mass is 574 g/mol. The van der Waals surface area contributed by atoms with E-state index in [-0.39, 0.29) is 0 Å². The molecule has 7 aromatic carbocycles. The number of hydrogen-bond donors (Lipinski definition) is 0. The Morgan fingerprint density at radius 1 is 0.356 bits per heavy atom. The normalized spacial score (nSPS) is 12.0. The second kappa shape index (κ2) is 9.22. The lowest BCUT2D eigenvalue weighted by Crippen LogP contribution is -1.93. The number of aromatic nitrogens is 2. The fourth-order valence-electron chi connectivity index (χ4n) is 7.33. The van der Waals surface area contributed by atoms with Crippen LogP contribution in [0.3, 0.4) is 0 Å². The molecule has 0 N–H and O–H groups in total. The fourth-order valence-corrected chi connectivity index (χ4v) is 7.33. The average molecular weight is 575 g/mol. The summed E-state index contributed by atoms with van der Waals surface area (Å²) in [5.41, 5.74) is 11.2. The van der Waals surface area contributed by atoms with Crippen molar-refractivity contribution in [1.29, 1.82) is 0 Å². The summed E-state index contributed by atoms with van der Waals surface area (Å²) in [5, 5.41) is 7.12. The zero-order valence-corrected chi connectivity index (χ0v) is 24.3. The molecule has 3 heteroatoms. The molecule has 45 heavy (non-hydrogen) atoms. The summed E-state index contributed by atoms with van der Waals surface area (Å²) in [6, 6.07) is 56.5. The Morgan fingerprint density at radius 3 is 1.62 bits per heavy atom. The molecule has 0 aliphatic rings. The third-order valence-corrected chi connectivity index (χ3v) is 9.31. The van der Waals surface area contributed by atoms with Gasteiger partial charge in [-0.3, -0.25) is 0 Å². The lowest BCUT2D eigenvalue weighted by Gasteiger charge is -2.09. The van der Waals surface area contributed by atoms with E-state index in [1.807, 2.05) is 6.07 Å². The first-order valence-electron chi connectivity index (χ1n) is 15.4. The molecule has 0 radical (unpaired) electrons. The standard InChI is InChI=1S/C42H26N2O/c1-3-11-29(12-4-1)43-36-17-9-7-15-31(36)34-25-27(19-22-37(34)43)28-20-23-38-35(26-28)41-39(44(38)30-13-5-2-6-14-30)24-21-33-32-16-8-10-18-40(32)45-42(33)41/h1-26H.